The number of hydrogen-bond acceptors (Lipinski definition) is 7. The quantitative estimate of drug-likeness (QED) is 0.320. The van der Waals surface area contributed by atoms with Gasteiger partial charge in [0.05, 0.1) is 21.1 Å². The summed E-state index contributed by atoms with van der Waals surface area (Å²) in [4.78, 5) is 26.4. The fraction of sp³-hybridized carbons (Fsp3) is 0.379. The number of H-pyrrole nitrogens is 1. The van der Waals surface area contributed by atoms with Gasteiger partial charge in [0, 0.05) is 81.3 Å². The molecule has 2 aliphatic heterocycles. The topological polar surface area (TPSA) is 90.5 Å². The molecule has 0 spiro atoms. The normalized spacial score (nSPS) is 17.9. The van der Waals surface area contributed by atoms with Crippen LogP contribution >= 0.6 is 23.2 Å². The van der Waals surface area contributed by atoms with E-state index in [4.69, 9.17) is 27.9 Å². The molecule has 1 aromatic carbocycles. The molecule has 4 aromatic rings. The number of benzene rings is 1. The lowest BCUT2D eigenvalue weighted by Gasteiger charge is -2.56. The lowest BCUT2D eigenvalue weighted by Crippen LogP contribution is -2.71. The number of fused-ring (bicyclic) bond motifs is 1. The van der Waals surface area contributed by atoms with E-state index in [9.17, 15) is 4.79 Å². The van der Waals surface area contributed by atoms with Crippen LogP contribution in [0.25, 0.3) is 22.2 Å². The van der Waals surface area contributed by atoms with Crippen molar-refractivity contribution in [2.24, 2.45) is 0 Å². The Labute approximate surface area is 247 Å². The van der Waals surface area contributed by atoms with Crippen LogP contribution in [0, 0.1) is 5.82 Å². The number of halogens is 3. The highest BCUT2D eigenvalue weighted by molar-refractivity contribution is 6.35. The Kier molecular flexibility index (Phi) is 7.25. The number of amides is 1. The van der Waals surface area contributed by atoms with E-state index in [1.165, 1.54) is 18.5 Å². The van der Waals surface area contributed by atoms with Gasteiger partial charge in [-0.1, -0.05) is 23.2 Å². The number of ether oxygens (including phenoxy) is 1. The molecule has 41 heavy (non-hydrogen) atoms. The number of carbonyl (C=O) groups excluding carboxylic acids is 1. The van der Waals surface area contributed by atoms with E-state index in [1.54, 1.807) is 13.1 Å². The first-order chi connectivity index (χ1) is 19.6. The number of nitrogens with zero attached hydrogens (tertiary/aromatic N) is 6. The summed E-state index contributed by atoms with van der Waals surface area (Å²) < 4.78 is 21.6. The molecule has 1 atom stereocenters. The maximum absolute atomic E-state index is 15.4. The lowest BCUT2D eigenvalue weighted by molar-refractivity contribution is -0.131. The second kappa shape index (κ2) is 10.7. The number of aromatic amines is 1. The van der Waals surface area contributed by atoms with Crippen LogP contribution in [0.3, 0.4) is 0 Å². The van der Waals surface area contributed by atoms with Crippen molar-refractivity contribution in [3.63, 3.8) is 0 Å². The number of anilines is 1. The standard InChI is InChI=1S/C29H30Cl2FN7O2/c1-17(26-22(30)13-33-14-23(26)31)41-20-4-5-25-21(11-20)27(36-35-25)19-10-24(32)28(34-12-19)38-15-29(3,16-38)39-8-6-37(7-9-39)18(2)40/h4-5,10-14,17H,6-9,15-16H2,1-3H3,(H,35,36)/t17-/m1/s1. The van der Waals surface area contributed by atoms with E-state index in [-0.39, 0.29) is 11.4 Å². The first-order valence-electron chi connectivity index (χ1n) is 13.5. The smallest absolute Gasteiger partial charge is 0.219 e. The van der Waals surface area contributed by atoms with Crippen LogP contribution < -0.4 is 9.64 Å². The van der Waals surface area contributed by atoms with Gasteiger partial charge in [0.25, 0.3) is 0 Å². The third kappa shape index (κ3) is 5.20. The minimum absolute atomic E-state index is 0.0771. The molecule has 12 heteroatoms. The van der Waals surface area contributed by atoms with E-state index < -0.39 is 11.9 Å². The Morgan fingerprint density at radius 3 is 2.46 bits per heavy atom. The minimum Gasteiger partial charge on any atom is -0.486 e. The summed E-state index contributed by atoms with van der Waals surface area (Å²) in [7, 11) is 0. The predicted octanol–water partition coefficient (Wildman–Crippen LogP) is 5.35. The molecule has 0 aliphatic carbocycles. The van der Waals surface area contributed by atoms with Crippen molar-refractivity contribution < 1.29 is 13.9 Å². The molecule has 0 bridgehead atoms. The second-order valence-corrected chi connectivity index (χ2v) is 11.7. The Balaban J connectivity index is 1.17. The zero-order chi connectivity index (χ0) is 28.9. The van der Waals surface area contributed by atoms with E-state index in [0.29, 0.717) is 51.5 Å². The van der Waals surface area contributed by atoms with Crippen LogP contribution in [-0.4, -0.2) is 80.7 Å². The van der Waals surface area contributed by atoms with Crippen molar-refractivity contribution in [1.29, 1.82) is 0 Å². The van der Waals surface area contributed by atoms with Crippen molar-refractivity contribution in [2.45, 2.75) is 32.4 Å². The molecule has 1 N–H and O–H groups in total. The van der Waals surface area contributed by atoms with Crippen LogP contribution in [-0.2, 0) is 4.79 Å². The third-order valence-electron chi connectivity index (χ3n) is 8.09. The maximum atomic E-state index is 15.4. The largest absolute Gasteiger partial charge is 0.486 e. The van der Waals surface area contributed by atoms with Crippen molar-refractivity contribution in [3.05, 3.63) is 64.3 Å². The van der Waals surface area contributed by atoms with Crippen LogP contribution in [0.1, 0.15) is 32.4 Å². The Morgan fingerprint density at radius 2 is 1.80 bits per heavy atom. The predicted molar refractivity (Wildman–Crippen MR) is 157 cm³/mol. The van der Waals surface area contributed by atoms with Crippen molar-refractivity contribution in [2.75, 3.05) is 44.2 Å². The van der Waals surface area contributed by atoms with Crippen LogP contribution in [0.5, 0.6) is 5.75 Å². The molecular weight excluding hydrogens is 568 g/mol. The maximum Gasteiger partial charge on any atom is 0.219 e. The summed E-state index contributed by atoms with van der Waals surface area (Å²) in [5, 5.41) is 9.07. The Morgan fingerprint density at radius 1 is 1.10 bits per heavy atom. The molecule has 2 fully saturated rings. The van der Waals surface area contributed by atoms with Gasteiger partial charge in [-0.05, 0) is 38.1 Å². The summed E-state index contributed by atoms with van der Waals surface area (Å²) in [5.74, 6) is 0.632. The molecule has 9 nitrogen and oxygen atoms in total. The monoisotopic (exact) mass is 597 g/mol. The average molecular weight is 599 g/mol. The molecule has 0 saturated carbocycles. The SMILES string of the molecule is CC(=O)N1CCN(C2(C)CN(c3ncc(-c4n[nH]c5ccc(O[C@H](C)c6c(Cl)cncc6Cl)cc45)cc3F)C2)CC1. The lowest BCUT2D eigenvalue weighted by atomic mass is 9.89. The summed E-state index contributed by atoms with van der Waals surface area (Å²) >= 11 is 12.6. The molecular formula is C29H30Cl2FN7O2. The summed E-state index contributed by atoms with van der Waals surface area (Å²) in [6.45, 7) is 10.1. The highest BCUT2D eigenvalue weighted by Crippen LogP contribution is 2.37. The summed E-state index contributed by atoms with van der Waals surface area (Å²) in [5.41, 5.74) is 2.50. The molecule has 214 valence electrons. The van der Waals surface area contributed by atoms with Gasteiger partial charge in [-0.25, -0.2) is 9.37 Å². The number of hydrogen-bond donors (Lipinski definition) is 1. The number of rotatable bonds is 6. The fourth-order valence-corrected chi connectivity index (χ4v) is 6.51. The van der Waals surface area contributed by atoms with Crippen molar-refractivity contribution in [3.8, 4) is 17.0 Å². The first-order valence-corrected chi connectivity index (χ1v) is 14.2. The third-order valence-corrected chi connectivity index (χ3v) is 8.69. The zero-order valence-corrected chi connectivity index (χ0v) is 24.5. The van der Waals surface area contributed by atoms with E-state index in [0.717, 1.165) is 37.1 Å². The fourth-order valence-electron chi connectivity index (χ4n) is 5.84. The number of aromatic nitrogens is 4. The van der Waals surface area contributed by atoms with E-state index in [2.05, 4.69) is 32.0 Å². The van der Waals surface area contributed by atoms with Crippen LogP contribution in [0.15, 0.2) is 42.9 Å². The minimum atomic E-state index is -0.426. The van der Waals surface area contributed by atoms with Crippen LogP contribution in [0.4, 0.5) is 10.2 Å². The van der Waals surface area contributed by atoms with Gasteiger partial charge in [0.1, 0.15) is 17.5 Å². The average Bonchev–Trinajstić information content (AvgIpc) is 3.35. The van der Waals surface area contributed by atoms with Gasteiger partial charge >= 0.3 is 0 Å². The van der Waals surface area contributed by atoms with E-state index in [1.807, 2.05) is 34.9 Å². The number of nitrogens with one attached hydrogen (secondary N) is 1. The Hall–Kier alpha value is -3.47. The molecule has 3 aromatic heterocycles. The molecule has 5 heterocycles. The molecule has 0 unspecified atom stereocenters. The Bertz CT molecular complexity index is 1600. The summed E-state index contributed by atoms with van der Waals surface area (Å²) in [6.07, 6.45) is 4.29. The highest BCUT2D eigenvalue weighted by Gasteiger charge is 2.45. The van der Waals surface area contributed by atoms with Gasteiger partial charge in [-0.2, -0.15) is 5.10 Å². The molecule has 0 radical (unpaired) electrons. The van der Waals surface area contributed by atoms with Crippen molar-refractivity contribution in [1.82, 2.24) is 30.0 Å². The molecule has 6 rings (SSSR count). The molecule has 2 aliphatic rings. The number of carbonyl (C=O) groups is 1. The highest BCUT2D eigenvalue weighted by atomic mass is 35.5. The second-order valence-electron chi connectivity index (χ2n) is 10.9. The van der Waals surface area contributed by atoms with Gasteiger partial charge in [-0.3, -0.25) is 19.8 Å². The summed E-state index contributed by atoms with van der Waals surface area (Å²) in [6, 6.07) is 7.02. The molecule has 2 saturated heterocycles. The molecule has 1 amide bonds. The van der Waals surface area contributed by atoms with Crippen molar-refractivity contribution >= 4 is 45.8 Å². The van der Waals surface area contributed by atoms with Gasteiger partial charge in [0.15, 0.2) is 11.6 Å². The van der Waals surface area contributed by atoms with Crippen LogP contribution in [0.2, 0.25) is 10.0 Å². The first kappa shape index (κ1) is 27.7. The van der Waals surface area contributed by atoms with Gasteiger partial charge in [0.2, 0.25) is 5.91 Å². The van der Waals surface area contributed by atoms with Gasteiger partial charge < -0.3 is 14.5 Å². The zero-order valence-electron chi connectivity index (χ0n) is 23.0. The number of piperazine rings is 1. The van der Waals surface area contributed by atoms with Gasteiger partial charge in [-0.15, -0.1) is 0 Å². The van der Waals surface area contributed by atoms with E-state index >= 15 is 4.39 Å². The number of pyridine rings is 2.